The summed E-state index contributed by atoms with van der Waals surface area (Å²) < 4.78 is 13.4. The lowest BCUT2D eigenvalue weighted by molar-refractivity contribution is 0.0780. The standard InChI is InChI=1S/C8H16FN/c1-6(2)8(3,9)10-7-4-5-7/h6-7,10H,4-5H2,1-3H3. The number of halogens is 1. The fraction of sp³-hybridized carbons (Fsp3) is 1.00. The van der Waals surface area contributed by atoms with Crippen molar-refractivity contribution in [1.82, 2.24) is 5.32 Å². The molecular formula is C8H16FN. The SMILES string of the molecule is CC(C)C(C)(F)NC1CC1. The topological polar surface area (TPSA) is 12.0 Å². The highest BCUT2D eigenvalue weighted by atomic mass is 19.1. The number of alkyl halides is 1. The van der Waals surface area contributed by atoms with Crippen LogP contribution >= 0.6 is 0 Å². The van der Waals surface area contributed by atoms with Crippen LogP contribution in [0.25, 0.3) is 0 Å². The van der Waals surface area contributed by atoms with E-state index in [4.69, 9.17) is 0 Å². The summed E-state index contributed by atoms with van der Waals surface area (Å²) in [6.45, 7) is 5.42. The molecule has 0 heterocycles. The van der Waals surface area contributed by atoms with Crippen LogP contribution in [0.15, 0.2) is 0 Å². The summed E-state index contributed by atoms with van der Waals surface area (Å²) in [6.07, 6.45) is 2.29. The average Bonchev–Trinajstić information content (AvgIpc) is 2.48. The first-order valence-electron chi connectivity index (χ1n) is 3.99. The van der Waals surface area contributed by atoms with E-state index in [2.05, 4.69) is 5.32 Å². The van der Waals surface area contributed by atoms with Gasteiger partial charge >= 0.3 is 0 Å². The monoisotopic (exact) mass is 145 g/mol. The minimum atomic E-state index is -1.17. The lowest BCUT2D eigenvalue weighted by atomic mass is 10.0. The van der Waals surface area contributed by atoms with E-state index in [0.717, 1.165) is 12.8 Å². The van der Waals surface area contributed by atoms with Gasteiger partial charge in [0.2, 0.25) is 0 Å². The van der Waals surface area contributed by atoms with Crippen molar-refractivity contribution in [3.63, 3.8) is 0 Å². The van der Waals surface area contributed by atoms with Gasteiger partial charge < -0.3 is 0 Å². The van der Waals surface area contributed by atoms with E-state index < -0.39 is 5.79 Å². The first-order chi connectivity index (χ1) is 4.52. The molecule has 1 aliphatic carbocycles. The van der Waals surface area contributed by atoms with Crippen LogP contribution < -0.4 is 5.32 Å². The molecule has 1 nitrogen and oxygen atoms in total. The third-order valence-electron chi connectivity index (χ3n) is 2.15. The Morgan fingerprint density at radius 3 is 2.30 bits per heavy atom. The molecule has 0 aromatic heterocycles. The van der Waals surface area contributed by atoms with Gasteiger partial charge in [-0.05, 0) is 19.8 Å². The normalized spacial score (nSPS) is 24.9. The second kappa shape index (κ2) is 2.50. The Kier molecular flexibility index (Phi) is 1.99. The predicted molar refractivity (Wildman–Crippen MR) is 40.5 cm³/mol. The van der Waals surface area contributed by atoms with Gasteiger partial charge in [0.1, 0.15) is 0 Å². The molecule has 1 rings (SSSR count). The molecule has 0 aromatic rings. The predicted octanol–water partition coefficient (Wildman–Crippen LogP) is 2.08. The first kappa shape index (κ1) is 7.99. The Balaban J connectivity index is 2.33. The molecule has 60 valence electrons. The number of nitrogens with one attached hydrogen (secondary N) is 1. The Morgan fingerprint density at radius 1 is 1.50 bits per heavy atom. The average molecular weight is 145 g/mol. The molecule has 10 heavy (non-hydrogen) atoms. The van der Waals surface area contributed by atoms with E-state index >= 15 is 0 Å². The summed E-state index contributed by atoms with van der Waals surface area (Å²) in [6, 6.07) is 0.456. The summed E-state index contributed by atoms with van der Waals surface area (Å²) in [5.41, 5.74) is 0. The molecule has 0 aliphatic heterocycles. The summed E-state index contributed by atoms with van der Waals surface area (Å²) >= 11 is 0. The molecule has 0 radical (unpaired) electrons. The smallest absolute Gasteiger partial charge is 0.161 e. The molecule has 2 heteroatoms. The van der Waals surface area contributed by atoms with E-state index in [1.807, 2.05) is 13.8 Å². The second-order valence-corrected chi connectivity index (χ2v) is 3.65. The Hall–Kier alpha value is -0.110. The zero-order valence-electron chi connectivity index (χ0n) is 6.95. The van der Waals surface area contributed by atoms with Crippen LogP contribution in [0.2, 0.25) is 0 Å². The van der Waals surface area contributed by atoms with E-state index in [-0.39, 0.29) is 5.92 Å². The van der Waals surface area contributed by atoms with Crippen molar-refractivity contribution < 1.29 is 4.39 Å². The Bertz CT molecular complexity index is 116. The highest BCUT2D eigenvalue weighted by Gasteiger charge is 2.34. The molecule has 1 N–H and O–H groups in total. The quantitative estimate of drug-likeness (QED) is 0.599. The molecule has 1 saturated carbocycles. The van der Waals surface area contributed by atoms with Crippen LogP contribution in [-0.4, -0.2) is 11.8 Å². The minimum Gasteiger partial charge on any atom is -0.282 e. The molecule has 0 amide bonds. The fourth-order valence-corrected chi connectivity index (χ4v) is 0.793. The van der Waals surface area contributed by atoms with Gasteiger partial charge in [0, 0.05) is 12.0 Å². The van der Waals surface area contributed by atoms with Gasteiger partial charge in [0.15, 0.2) is 5.79 Å². The lowest BCUT2D eigenvalue weighted by Crippen LogP contribution is -2.43. The molecule has 1 atom stereocenters. The molecule has 0 bridgehead atoms. The minimum absolute atomic E-state index is 0.0631. The maximum atomic E-state index is 13.4. The van der Waals surface area contributed by atoms with Crippen molar-refractivity contribution >= 4 is 0 Å². The zero-order valence-corrected chi connectivity index (χ0v) is 6.95. The van der Waals surface area contributed by atoms with E-state index in [1.54, 1.807) is 6.92 Å². The van der Waals surface area contributed by atoms with Gasteiger partial charge in [-0.2, -0.15) is 0 Å². The molecule has 0 saturated heterocycles. The van der Waals surface area contributed by atoms with Crippen molar-refractivity contribution in [2.24, 2.45) is 5.92 Å². The van der Waals surface area contributed by atoms with Crippen LogP contribution in [0.1, 0.15) is 33.6 Å². The molecule has 1 unspecified atom stereocenters. The molecular weight excluding hydrogens is 129 g/mol. The zero-order chi connectivity index (χ0) is 7.78. The number of hydrogen-bond donors (Lipinski definition) is 1. The van der Waals surface area contributed by atoms with Gasteiger partial charge in [-0.25, -0.2) is 4.39 Å². The van der Waals surface area contributed by atoms with Crippen molar-refractivity contribution in [2.75, 3.05) is 0 Å². The van der Waals surface area contributed by atoms with Crippen LogP contribution in [0.4, 0.5) is 4.39 Å². The van der Waals surface area contributed by atoms with Crippen LogP contribution in [-0.2, 0) is 0 Å². The van der Waals surface area contributed by atoms with Gasteiger partial charge in [-0.3, -0.25) is 5.32 Å². The van der Waals surface area contributed by atoms with Crippen molar-refractivity contribution in [1.29, 1.82) is 0 Å². The van der Waals surface area contributed by atoms with E-state index in [1.165, 1.54) is 0 Å². The third kappa shape index (κ3) is 1.94. The fourth-order valence-electron chi connectivity index (χ4n) is 0.793. The van der Waals surface area contributed by atoms with Gasteiger partial charge in [-0.15, -0.1) is 0 Å². The summed E-state index contributed by atoms with van der Waals surface area (Å²) in [5, 5.41) is 2.96. The summed E-state index contributed by atoms with van der Waals surface area (Å²) in [5.74, 6) is -1.10. The van der Waals surface area contributed by atoms with Gasteiger partial charge in [0.25, 0.3) is 0 Å². The highest BCUT2D eigenvalue weighted by molar-refractivity contribution is 4.87. The first-order valence-corrected chi connectivity index (χ1v) is 3.99. The maximum Gasteiger partial charge on any atom is 0.161 e. The molecule has 0 aromatic carbocycles. The molecule has 1 fully saturated rings. The van der Waals surface area contributed by atoms with Crippen LogP contribution in [0, 0.1) is 5.92 Å². The second-order valence-electron chi connectivity index (χ2n) is 3.65. The summed E-state index contributed by atoms with van der Waals surface area (Å²) in [7, 11) is 0. The number of hydrogen-bond acceptors (Lipinski definition) is 1. The Labute approximate surface area is 62.0 Å². The van der Waals surface area contributed by atoms with E-state index in [0.29, 0.717) is 6.04 Å². The van der Waals surface area contributed by atoms with E-state index in [9.17, 15) is 4.39 Å². The van der Waals surface area contributed by atoms with Crippen molar-refractivity contribution in [2.45, 2.75) is 45.4 Å². The summed E-state index contributed by atoms with van der Waals surface area (Å²) in [4.78, 5) is 0. The van der Waals surface area contributed by atoms with Crippen molar-refractivity contribution in [3.05, 3.63) is 0 Å². The maximum absolute atomic E-state index is 13.4. The number of rotatable bonds is 3. The largest absolute Gasteiger partial charge is 0.282 e. The highest BCUT2D eigenvalue weighted by Crippen LogP contribution is 2.26. The Morgan fingerprint density at radius 2 is 2.00 bits per heavy atom. The molecule has 0 spiro atoms. The lowest BCUT2D eigenvalue weighted by Gasteiger charge is -2.25. The van der Waals surface area contributed by atoms with Gasteiger partial charge in [0.05, 0.1) is 0 Å². The third-order valence-corrected chi connectivity index (χ3v) is 2.15. The van der Waals surface area contributed by atoms with Crippen molar-refractivity contribution in [3.8, 4) is 0 Å². The molecule has 1 aliphatic rings. The van der Waals surface area contributed by atoms with Crippen LogP contribution in [0.3, 0.4) is 0 Å². The van der Waals surface area contributed by atoms with Crippen LogP contribution in [0.5, 0.6) is 0 Å². The van der Waals surface area contributed by atoms with Gasteiger partial charge in [-0.1, -0.05) is 13.8 Å².